The average Bonchev–Trinajstić information content (AvgIpc) is 2.48. The van der Waals surface area contributed by atoms with Crippen molar-refractivity contribution in [3.05, 3.63) is 63.9 Å². The van der Waals surface area contributed by atoms with Gasteiger partial charge >= 0.3 is 5.97 Å². The Hall–Kier alpha value is -2.58. The van der Waals surface area contributed by atoms with E-state index >= 15 is 0 Å². The molecule has 0 unspecified atom stereocenters. The van der Waals surface area contributed by atoms with E-state index in [0.717, 1.165) is 6.07 Å². The molecule has 0 bridgehead atoms. The van der Waals surface area contributed by atoms with Gasteiger partial charge in [-0.25, -0.2) is 9.18 Å². The molecule has 2 aromatic rings. The van der Waals surface area contributed by atoms with Crippen LogP contribution in [0.4, 0.5) is 10.1 Å². The number of esters is 1. The second-order valence-corrected chi connectivity index (χ2v) is 4.64. The summed E-state index contributed by atoms with van der Waals surface area (Å²) in [4.78, 5) is 11.8. The van der Waals surface area contributed by atoms with E-state index < -0.39 is 11.8 Å². The van der Waals surface area contributed by atoms with Gasteiger partial charge in [0, 0.05) is 10.6 Å². The molecule has 0 amide bonds. The number of nitrogens with two attached hydrogens (primary N) is 1. The second-order valence-electron chi connectivity index (χ2n) is 4.23. The lowest BCUT2D eigenvalue weighted by Crippen LogP contribution is -2.06. The maximum Gasteiger partial charge on any atom is 0.338 e. The Bertz CT molecular complexity index is 741. The van der Waals surface area contributed by atoms with Gasteiger partial charge in [-0.2, -0.15) is 5.26 Å². The van der Waals surface area contributed by atoms with Crippen LogP contribution < -0.4 is 5.73 Å². The van der Waals surface area contributed by atoms with Crippen LogP contribution in [-0.4, -0.2) is 5.97 Å². The number of ether oxygens (including phenoxy) is 1. The third kappa shape index (κ3) is 3.50. The van der Waals surface area contributed by atoms with Crippen molar-refractivity contribution < 1.29 is 13.9 Å². The van der Waals surface area contributed by atoms with Crippen molar-refractivity contribution in [3.63, 3.8) is 0 Å². The Labute approximate surface area is 125 Å². The van der Waals surface area contributed by atoms with Crippen LogP contribution in [0.1, 0.15) is 21.5 Å². The fourth-order valence-electron chi connectivity index (χ4n) is 1.61. The van der Waals surface area contributed by atoms with Crippen LogP contribution in [0.25, 0.3) is 0 Å². The third-order valence-electron chi connectivity index (χ3n) is 2.78. The summed E-state index contributed by atoms with van der Waals surface area (Å²) in [6, 6.07) is 10.3. The first-order valence-electron chi connectivity index (χ1n) is 5.92. The Balaban J connectivity index is 2.07. The SMILES string of the molecule is N#Cc1ccc(COC(=O)c2ccc(N)c(F)c2)c(Cl)c1. The van der Waals surface area contributed by atoms with Gasteiger partial charge in [0.2, 0.25) is 0 Å². The second kappa shape index (κ2) is 6.25. The molecule has 0 fully saturated rings. The van der Waals surface area contributed by atoms with E-state index in [2.05, 4.69) is 0 Å². The van der Waals surface area contributed by atoms with E-state index in [4.69, 9.17) is 27.3 Å². The van der Waals surface area contributed by atoms with Crippen molar-refractivity contribution in [3.8, 4) is 6.07 Å². The first kappa shape index (κ1) is 14.8. The molecule has 0 aliphatic heterocycles. The van der Waals surface area contributed by atoms with Gasteiger partial charge in [0.15, 0.2) is 0 Å². The van der Waals surface area contributed by atoms with Gasteiger partial charge in [0.25, 0.3) is 0 Å². The smallest absolute Gasteiger partial charge is 0.338 e. The minimum Gasteiger partial charge on any atom is -0.457 e. The summed E-state index contributed by atoms with van der Waals surface area (Å²) in [5.74, 6) is -1.37. The van der Waals surface area contributed by atoms with Gasteiger partial charge in [-0.15, -0.1) is 0 Å². The molecule has 106 valence electrons. The summed E-state index contributed by atoms with van der Waals surface area (Å²) in [6.45, 7) is -0.0740. The zero-order valence-corrected chi connectivity index (χ0v) is 11.5. The summed E-state index contributed by atoms with van der Waals surface area (Å²) in [5.41, 5.74) is 6.32. The Kier molecular flexibility index (Phi) is 4.41. The lowest BCUT2D eigenvalue weighted by molar-refractivity contribution is 0.0472. The van der Waals surface area contributed by atoms with Crippen LogP contribution in [0, 0.1) is 17.1 Å². The van der Waals surface area contributed by atoms with Crippen molar-refractivity contribution in [1.29, 1.82) is 5.26 Å². The minimum absolute atomic E-state index is 0.0401. The summed E-state index contributed by atoms with van der Waals surface area (Å²) in [6.07, 6.45) is 0. The fourth-order valence-corrected chi connectivity index (χ4v) is 1.85. The molecule has 0 aliphatic carbocycles. The van der Waals surface area contributed by atoms with E-state index in [0.29, 0.717) is 16.1 Å². The fraction of sp³-hybridized carbons (Fsp3) is 0.0667. The van der Waals surface area contributed by atoms with E-state index in [-0.39, 0.29) is 17.9 Å². The highest BCUT2D eigenvalue weighted by Gasteiger charge is 2.11. The van der Waals surface area contributed by atoms with Gasteiger partial charge in [-0.05, 0) is 30.3 Å². The molecule has 6 heteroatoms. The van der Waals surface area contributed by atoms with E-state index in [1.807, 2.05) is 6.07 Å². The molecule has 0 aliphatic rings. The topological polar surface area (TPSA) is 76.1 Å². The number of hydrogen-bond acceptors (Lipinski definition) is 4. The van der Waals surface area contributed by atoms with Crippen LogP contribution in [0.3, 0.4) is 0 Å². The molecule has 0 atom stereocenters. The molecule has 0 saturated heterocycles. The molecule has 2 aromatic carbocycles. The number of nitriles is 1. The molecular formula is C15H10ClFN2O2. The van der Waals surface area contributed by atoms with E-state index in [9.17, 15) is 9.18 Å². The van der Waals surface area contributed by atoms with E-state index in [1.165, 1.54) is 18.2 Å². The summed E-state index contributed by atoms with van der Waals surface area (Å²) in [7, 11) is 0. The first-order valence-corrected chi connectivity index (χ1v) is 6.29. The summed E-state index contributed by atoms with van der Waals surface area (Å²) in [5, 5.41) is 9.05. The van der Waals surface area contributed by atoms with E-state index in [1.54, 1.807) is 12.1 Å². The monoisotopic (exact) mass is 304 g/mol. The molecule has 2 N–H and O–H groups in total. The van der Waals surface area contributed by atoms with Gasteiger partial charge in [0.05, 0.1) is 22.9 Å². The number of carbonyl (C=O) groups is 1. The standard InChI is InChI=1S/C15H10ClFN2O2/c16-12-5-9(7-18)1-2-11(12)8-21-15(20)10-3-4-14(19)13(17)6-10/h1-6H,8,19H2. The maximum absolute atomic E-state index is 13.3. The Morgan fingerprint density at radius 3 is 2.71 bits per heavy atom. The van der Waals surface area contributed by atoms with Crippen molar-refractivity contribution in [2.75, 3.05) is 5.73 Å². The molecule has 2 rings (SSSR count). The number of hydrogen-bond donors (Lipinski definition) is 1. The number of anilines is 1. The zero-order valence-electron chi connectivity index (χ0n) is 10.8. The van der Waals surface area contributed by atoms with Gasteiger partial charge in [0.1, 0.15) is 12.4 Å². The number of halogens is 2. The van der Waals surface area contributed by atoms with Crippen LogP contribution in [0.5, 0.6) is 0 Å². The Morgan fingerprint density at radius 2 is 2.10 bits per heavy atom. The van der Waals surface area contributed by atoms with Crippen molar-refractivity contribution in [2.24, 2.45) is 0 Å². The van der Waals surface area contributed by atoms with Crippen LogP contribution in [0.2, 0.25) is 5.02 Å². The molecule has 0 radical (unpaired) electrons. The molecule has 21 heavy (non-hydrogen) atoms. The predicted molar refractivity (Wildman–Crippen MR) is 76.1 cm³/mol. The predicted octanol–water partition coefficient (Wildman–Crippen LogP) is 3.29. The molecule has 0 heterocycles. The molecular weight excluding hydrogens is 295 g/mol. The summed E-state index contributed by atoms with van der Waals surface area (Å²) < 4.78 is 18.3. The van der Waals surface area contributed by atoms with Crippen LogP contribution in [0.15, 0.2) is 36.4 Å². The lowest BCUT2D eigenvalue weighted by atomic mass is 10.1. The highest BCUT2D eigenvalue weighted by molar-refractivity contribution is 6.31. The van der Waals surface area contributed by atoms with Crippen LogP contribution >= 0.6 is 11.6 Å². The summed E-state index contributed by atoms with van der Waals surface area (Å²) >= 11 is 5.96. The quantitative estimate of drug-likeness (QED) is 0.697. The molecule has 0 aromatic heterocycles. The number of rotatable bonds is 3. The largest absolute Gasteiger partial charge is 0.457 e. The van der Waals surface area contributed by atoms with Gasteiger partial charge in [-0.1, -0.05) is 17.7 Å². The average molecular weight is 305 g/mol. The first-order chi connectivity index (χ1) is 10.0. The molecule has 0 spiro atoms. The van der Waals surface area contributed by atoms with Crippen molar-refractivity contribution in [1.82, 2.24) is 0 Å². The highest BCUT2D eigenvalue weighted by atomic mass is 35.5. The minimum atomic E-state index is -0.686. The zero-order chi connectivity index (χ0) is 15.4. The van der Waals surface area contributed by atoms with Crippen molar-refractivity contribution >= 4 is 23.3 Å². The lowest BCUT2D eigenvalue weighted by Gasteiger charge is -2.07. The maximum atomic E-state index is 13.3. The number of nitrogens with zero attached hydrogens (tertiary/aromatic N) is 1. The van der Waals surface area contributed by atoms with Gasteiger partial charge < -0.3 is 10.5 Å². The molecule has 4 nitrogen and oxygen atoms in total. The van der Waals surface area contributed by atoms with Gasteiger partial charge in [-0.3, -0.25) is 0 Å². The highest BCUT2D eigenvalue weighted by Crippen LogP contribution is 2.19. The number of nitrogen functional groups attached to an aromatic ring is 1. The number of benzene rings is 2. The Morgan fingerprint density at radius 1 is 1.33 bits per heavy atom. The normalized spacial score (nSPS) is 9.95. The van der Waals surface area contributed by atoms with Crippen molar-refractivity contribution in [2.45, 2.75) is 6.61 Å². The third-order valence-corrected chi connectivity index (χ3v) is 3.13. The number of carbonyl (C=O) groups excluding carboxylic acids is 1. The van der Waals surface area contributed by atoms with Crippen LogP contribution in [-0.2, 0) is 11.3 Å². The molecule has 0 saturated carbocycles.